The van der Waals surface area contributed by atoms with E-state index in [1.807, 2.05) is 24.3 Å². The summed E-state index contributed by atoms with van der Waals surface area (Å²) in [4.78, 5) is 21.2. The van der Waals surface area contributed by atoms with Crippen LogP contribution in [0.1, 0.15) is 22.3 Å². The van der Waals surface area contributed by atoms with Crippen molar-refractivity contribution in [3.8, 4) is 5.75 Å². The zero-order chi connectivity index (χ0) is 22.5. The van der Waals surface area contributed by atoms with Crippen LogP contribution < -0.4 is 10.2 Å². The minimum absolute atomic E-state index is 0.229. The van der Waals surface area contributed by atoms with Crippen molar-refractivity contribution in [1.82, 2.24) is 9.88 Å². The van der Waals surface area contributed by atoms with Crippen molar-refractivity contribution in [2.45, 2.75) is 13.0 Å². The molecule has 2 N–H and O–H groups in total. The lowest BCUT2D eigenvalue weighted by molar-refractivity contribution is 0.102. The number of carbonyl (C=O) groups excluding carboxylic acids is 1. The molecule has 0 spiro atoms. The van der Waals surface area contributed by atoms with Crippen molar-refractivity contribution >= 4 is 17.4 Å². The number of anilines is 2. The number of para-hydroxylation sites is 1. The highest BCUT2D eigenvalue weighted by molar-refractivity contribution is 6.04. The maximum absolute atomic E-state index is 13.8. The van der Waals surface area contributed by atoms with Crippen molar-refractivity contribution in [1.29, 1.82) is 0 Å². The number of phenolic OH excluding ortho intramolecular Hbond substituents is 1. The second kappa shape index (κ2) is 9.74. The normalized spacial score (nSPS) is 14.8. The fourth-order valence-corrected chi connectivity index (χ4v) is 3.76. The summed E-state index contributed by atoms with van der Waals surface area (Å²) in [6, 6.07) is 13.7. The van der Waals surface area contributed by atoms with Crippen LogP contribution in [-0.4, -0.2) is 47.1 Å². The molecule has 32 heavy (non-hydrogen) atoms. The summed E-state index contributed by atoms with van der Waals surface area (Å²) in [6.07, 6.45) is 2.48. The smallest absolute Gasteiger partial charge is 0.258 e. The topological polar surface area (TPSA) is 68.7 Å². The average Bonchev–Trinajstić information content (AvgIpc) is 3.01. The van der Waals surface area contributed by atoms with Gasteiger partial charge in [0.15, 0.2) is 0 Å². The molecule has 1 fully saturated rings. The van der Waals surface area contributed by atoms with Crippen molar-refractivity contribution in [2.75, 3.05) is 36.4 Å². The molecule has 3 aromatic rings. The Bertz CT molecular complexity index is 1090. The predicted octanol–water partition coefficient (Wildman–Crippen LogP) is 4.03. The highest BCUT2D eigenvalue weighted by Gasteiger charge is 2.18. The molecule has 2 aromatic carbocycles. The van der Waals surface area contributed by atoms with Gasteiger partial charge in [-0.1, -0.05) is 18.2 Å². The second-order valence-corrected chi connectivity index (χ2v) is 7.73. The number of halogens is 2. The van der Waals surface area contributed by atoms with E-state index >= 15 is 0 Å². The summed E-state index contributed by atoms with van der Waals surface area (Å²) in [5.41, 5.74) is 1.11. The SMILES string of the molecule is O=C(Nc1ccc(N2CCCN(Cc3ccccc3O)CC2)nc1)c1ccc(F)cc1F. The first kappa shape index (κ1) is 21.7. The van der Waals surface area contributed by atoms with Gasteiger partial charge in [-0.05, 0) is 36.8 Å². The van der Waals surface area contributed by atoms with Crippen LogP contribution in [0, 0.1) is 11.6 Å². The number of carbonyl (C=O) groups is 1. The Morgan fingerprint density at radius 3 is 2.62 bits per heavy atom. The van der Waals surface area contributed by atoms with Gasteiger partial charge in [0.05, 0.1) is 17.4 Å². The van der Waals surface area contributed by atoms with E-state index in [-0.39, 0.29) is 5.56 Å². The lowest BCUT2D eigenvalue weighted by atomic mass is 10.2. The zero-order valence-corrected chi connectivity index (χ0v) is 17.5. The minimum Gasteiger partial charge on any atom is -0.508 e. The standard InChI is InChI=1S/C24H24F2N4O2/c25-18-6-8-20(21(26)14-18)24(32)28-19-7-9-23(27-15-19)30-11-3-10-29(12-13-30)16-17-4-1-2-5-22(17)31/h1-2,4-9,14-15,31H,3,10-13,16H2,(H,28,32). The van der Waals surface area contributed by atoms with E-state index in [1.165, 1.54) is 6.20 Å². The largest absolute Gasteiger partial charge is 0.508 e. The molecule has 0 saturated carbocycles. The number of pyridine rings is 1. The van der Waals surface area contributed by atoms with Crippen molar-refractivity contribution in [3.05, 3.63) is 83.6 Å². The lowest BCUT2D eigenvalue weighted by Gasteiger charge is -2.23. The lowest BCUT2D eigenvalue weighted by Crippen LogP contribution is -2.31. The summed E-state index contributed by atoms with van der Waals surface area (Å²) in [5.74, 6) is -1.20. The number of aromatic nitrogens is 1. The first-order valence-corrected chi connectivity index (χ1v) is 10.5. The van der Waals surface area contributed by atoms with Crippen LogP contribution in [0.2, 0.25) is 0 Å². The van der Waals surface area contributed by atoms with Gasteiger partial charge in [0.25, 0.3) is 5.91 Å². The molecule has 0 atom stereocenters. The van der Waals surface area contributed by atoms with E-state index in [0.29, 0.717) is 24.0 Å². The molecule has 0 unspecified atom stereocenters. The summed E-state index contributed by atoms with van der Waals surface area (Å²) < 4.78 is 26.8. The van der Waals surface area contributed by atoms with E-state index < -0.39 is 17.5 Å². The van der Waals surface area contributed by atoms with Gasteiger partial charge in [0.1, 0.15) is 23.2 Å². The molecule has 2 heterocycles. The molecule has 1 aliphatic rings. The first-order valence-electron chi connectivity index (χ1n) is 10.5. The molecule has 8 heteroatoms. The summed E-state index contributed by atoms with van der Waals surface area (Å²) in [6.45, 7) is 4.07. The molecule has 1 aromatic heterocycles. The summed E-state index contributed by atoms with van der Waals surface area (Å²) >= 11 is 0. The third-order valence-electron chi connectivity index (χ3n) is 5.48. The third-order valence-corrected chi connectivity index (χ3v) is 5.48. The predicted molar refractivity (Wildman–Crippen MR) is 119 cm³/mol. The zero-order valence-electron chi connectivity index (χ0n) is 17.5. The van der Waals surface area contributed by atoms with Gasteiger partial charge >= 0.3 is 0 Å². The van der Waals surface area contributed by atoms with Crippen LogP contribution in [-0.2, 0) is 6.54 Å². The van der Waals surface area contributed by atoms with Crippen molar-refractivity contribution in [3.63, 3.8) is 0 Å². The van der Waals surface area contributed by atoms with E-state index in [4.69, 9.17) is 0 Å². The molecule has 1 amide bonds. The Hall–Kier alpha value is -3.52. The number of hydrogen-bond acceptors (Lipinski definition) is 5. The van der Waals surface area contributed by atoms with Gasteiger partial charge in [-0.25, -0.2) is 13.8 Å². The number of amides is 1. The quantitative estimate of drug-likeness (QED) is 0.630. The van der Waals surface area contributed by atoms with Crippen LogP contribution in [0.25, 0.3) is 0 Å². The van der Waals surface area contributed by atoms with Gasteiger partial charge in [-0.2, -0.15) is 0 Å². The van der Waals surface area contributed by atoms with Crippen LogP contribution in [0.4, 0.5) is 20.3 Å². The van der Waals surface area contributed by atoms with E-state index in [2.05, 4.69) is 20.1 Å². The maximum Gasteiger partial charge on any atom is 0.258 e. The fraction of sp³-hybridized carbons (Fsp3) is 0.250. The van der Waals surface area contributed by atoms with Crippen LogP contribution in [0.15, 0.2) is 60.8 Å². The van der Waals surface area contributed by atoms with Crippen molar-refractivity contribution in [2.24, 2.45) is 0 Å². The third kappa shape index (κ3) is 5.20. The monoisotopic (exact) mass is 438 g/mol. The van der Waals surface area contributed by atoms with Crippen LogP contribution in [0.5, 0.6) is 5.75 Å². The molecular weight excluding hydrogens is 414 g/mol. The summed E-state index contributed by atoms with van der Waals surface area (Å²) in [5, 5.41) is 12.6. The van der Waals surface area contributed by atoms with Crippen molar-refractivity contribution < 1.29 is 18.7 Å². The van der Waals surface area contributed by atoms with Gasteiger partial charge in [0.2, 0.25) is 0 Å². The molecule has 0 bridgehead atoms. The Balaban J connectivity index is 1.35. The number of nitrogens with one attached hydrogen (secondary N) is 1. The molecule has 1 saturated heterocycles. The maximum atomic E-state index is 13.8. The number of aromatic hydroxyl groups is 1. The number of phenols is 1. The molecule has 1 aliphatic heterocycles. The number of rotatable bonds is 5. The summed E-state index contributed by atoms with van der Waals surface area (Å²) in [7, 11) is 0. The highest BCUT2D eigenvalue weighted by atomic mass is 19.1. The Morgan fingerprint density at radius 1 is 1.03 bits per heavy atom. The molecule has 166 valence electrons. The van der Waals surface area contributed by atoms with Gasteiger partial charge < -0.3 is 15.3 Å². The number of hydrogen-bond donors (Lipinski definition) is 2. The van der Waals surface area contributed by atoms with Gasteiger partial charge in [-0.3, -0.25) is 9.69 Å². The number of nitrogens with zero attached hydrogens (tertiary/aromatic N) is 3. The highest BCUT2D eigenvalue weighted by Crippen LogP contribution is 2.21. The Kier molecular flexibility index (Phi) is 6.61. The minimum atomic E-state index is -0.912. The first-order chi connectivity index (χ1) is 15.5. The average molecular weight is 438 g/mol. The molecule has 0 radical (unpaired) electrons. The van der Waals surface area contributed by atoms with E-state index in [9.17, 15) is 18.7 Å². The Morgan fingerprint density at radius 2 is 1.88 bits per heavy atom. The van der Waals surface area contributed by atoms with Crippen LogP contribution in [0.3, 0.4) is 0 Å². The fourth-order valence-electron chi connectivity index (χ4n) is 3.76. The van der Waals surface area contributed by atoms with Gasteiger partial charge in [-0.15, -0.1) is 0 Å². The number of benzene rings is 2. The van der Waals surface area contributed by atoms with E-state index in [0.717, 1.165) is 56.1 Å². The molecule has 6 nitrogen and oxygen atoms in total. The van der Waals surface area contributed by atoms with E-state index in [1.54, 1.807) is 12.1 Å². The van der Waals surface area contributed by atoms with Crippen LogP contribution >= 0.6 is 0 Å². The molecular formula is C24H24F2N4O2. The second-order valence-electron chi connectivity index (χ2n) is 7.73. The molecule has 0 aliphatic carbocycles. The van der Waals surface area contributed by atoms with Gasteiger partial charge in [0, 0.05) is 44.4 Å². The Labute approximate surface area is 185 Å². The molecule has 4 rings (SSSR count).